The second-order valence-electron chi connectivity index (χ2n) is 4.12. The van der Waals surface area contributed by atoms with E-state index in [9.17, 15) is 14.7 Å². The van der Waals surface area contributed by atoms with Crippen LogP contribution in [0.4, 0.5) is 4.79 Å². The number of likely N-dealkylation sites (N-methyl/N-ethyl adjacent to an activating group) is 1. The fourth-order valence-electron chi connectivity index (χ4n) is 1.82. The molecule has 2 rings (SSSR count). The number of nitrogens with zero attached hydrogens (tertiary/aromatic N) is 1. The van der Waals surface area contributed by atoms with Gasteiger partial charge >= 0.3 is 6.03 Å². The topological polar surface area (TPSA) is 88.1 Å². The molecule has 106 valence electrons. The lowest BCUT2D eigenvalue weighted by atomic mass is 10.1. The lowest BCUT2D eigenvalue weighted by Gasteiger charge is -2.11. The molecule has 0 bridgehead atoms. The Kier molecular flexibility index (Phi) is 3.51. The number of phenols is 1. The van der Waals surface area contributed by atoms with E-state index in [0.717, 1.165) is 0 Å². The Morgan fingerprint density at radius 1 is 1.20 bits per heavy atom. The summed E-state index contributed by atoms with van der Waals surface area (Å²) in [5, 5.41) is 12.0. The monoisotopic (exact) mass is 278 g/mol. The van der Waals surface area contributed by atoms with Gasteiger partial charge in [0.25, 0.3) is 5.91 Å². The molecular formula is C13H14N2O5. The van der Waals surface area contributed by atoms with Crippen LogP contribution in [0.3, 0.4) is 0 Å². The molecule has 0 aromatic heterocycles. The second kappa shape index (κ2) is 5.12. The van der Waals surface area contributed by atoms with Gasteiger partial charge in [-0.15, -0.1) is 0 Å². The van der Waals surface area contributed by atoms with E-state index in [1.807, 2.05) is 0 Å². The van der Waals surface area contributed by atoms with E-state index >= 15 is 0 Å². The van der Waals surface area contributed by atoms with Gasteiger partial charge in [0.2, 0.25) is 5.75 Å². The van der Waals surface area contributed by atoms with Gasteiger partial charge in [0.15, 0.2) is 11.5 Å². The lowest BCUT2D eigenvalue weighted by molar-refractivity contribution is -0.115. The summed E-state index contributed by atoms with van der Waals surface area (Å²) in [6.45, 7) is 0. The highest BCUT2D eigenvalue weighted by molar-refractivity contribution is 6.13. The molecule has 1 fully saturated rings. The number of urea groups is 1. The first-order valence-corrected chi connectivity index (χ1v) is 5.73. The maximum absolute atomic E-state index is 11.6. The predicted octanol–water partition coefficient (Wildman–Crippen LogP) is 0.932. The van der Waals surface area contributed by atoms with Crippen molar-refractivity contribution >= 4 is 18.0 Å². The van der Waals surface area contributed by atoms with Gasteiger partial charge in [-0.1, -0.05) is 0 Å². The van der Waals surface area contributed by atoms with Gasteiger partial charge in [0, 0.05) is 7.05 Å². The van der Waals surface area contributed by atoms with Crippen LogP contribution < -0.4 is 14.8 Å². The van der Waals surface area contributed by atoms with Crippen molar-refractivity contribution < 1.29 is 24.2 Å². The molecule has 1 aromatic carbocycles. The minimum atomic E-state index is -0.487. The fourth-order valence-corrected chi connectivity index (χ4v) is 1.82. The molecule has 7 nitrogen and oxygen atoms in total. The fraction of sp³-hybridized carbons (Fsp3) is 0.231. The van der Waals surface area contributed by atoms with E-state index in [0.29, 0.717) is 5.56 Å². The Morgan fingerprint density at radius 2 is 1.75 bits per heavy atom. The van der Waals surface area contributed by atoms with Crippen molar-refractivity contribution in [2.24, 2.45) is 0 Å². The number of carbonyl (C=O) groups is 2. The average molecular weight is 278 g/mol. The number of benzene rings is 1. The van der Waals surface area contributed by atoms with Gasteiger partial charge in [-0.3, -0.25) is 15.0 Å². The molecule has 2 N–H and O–H groups in total. The van der Waals surface area contributed by atoms with Gasteiger partial charge in [0.05, 0.1) is 14.2 Å². The predicted molar refractivity (Wildman–Crippen MR) is 70.5 cm³/mol. The van der Waals surface area contributed by atoms with Crippen LogP contribution in [0, 0.1) is 0 Å². The average Bonchev–Trinajstić information content (AvgIpc) is 2.67. The SMILES string of the molecule is COc1cc(/C=C2/C(=O)NC(=O)N2C)cc(OC)c1O. The van der Waals surface area contributed by atoms with Gasteiger partial charge in [-0.25, -0.2) is 4.79 Å². The number of methoxy groups -OCH3 is 2. The Morgan fingerprint density at radius 3 is 2.15 bits per heavy atom. The van der Waals surface area contributed by atoms with E-state index in [4.69, 9.17) is 9.47 Å². The molecule has 0 radical (unpaired) electrons. The third kappa shape index (κ3) is 2.25. The van der Waals surface area contributed by atoms with Crippen molar-refractivity contribution in [3.05, 3.63) is 23.4 Å². The number of hydrogen-bond donors (Lipinski definition) is 2. The Bertz CT molecular complexity index is 584. The van der Waals surface area contributed by atoms with Crippen molar-refractivity contribution in [2.75, 3.05) is 21.3 Å². The zero-order chi connectivity index (χ0) is 14.9. The Hall–Kier alpha value is -2.70. The van der Waals surface area contributed by atoms with Crippen LogP contribution in [0.2, 0.25) is 0 Å². The van der Waals surface area contributed by atoms with Crippen LogP contribution in [0.1, 0.15) is 5.56 Å². The normalized spacial score (nSPS) is 16.6. The maximum atomic E-state index is 11.6. The molecule has 1 aliphatic heterocycles. The van der Waals surface area contributed by atoms with Crippen LogP contribution in [0.15, 0.2) is 17.8 Å². The Labute approximate surface area is 115 Å². The number of nitrogens with one attached hydrogen (secondary N) is 1. The number of rotatable bonds is 3. The summed E-state index contributed by atoms with van der Waals surface area (Å²) < 4.78 is 10.1. The number of ether oxygens (including phenoxy) is 2. The highest BCUT2D eigenvalue weighted by atomic mass is 16.5. The molecule has 1 heterocycles. The molecule has 1 aliphatic rings. The first-order valence-electron chi connectivity index (χ1n) is 5.73. The first-order chi connectivity index (χ1) is 9.47. The van der Waals surface area contributed by atoms with Crippen molar-refractivity contribution in [3.63, 3.8) is 0 Å². The van der Waals surface area contributed by atoms with Crippen molar-refractivity contribution in [2.45, 2.75) is 0 Å². The summed E-state index contributed by atoms with van der Waals surface area (Å²) in [5.41, 5.74) is 0.757. The second-order valence-corrected chi connectivity index (χ2v) is 4.12. The number of amides is 3. The summed E-state index contributed by atoms with van der Waals surface area (Å²) in [4.78, 5) is 24.2. The number of carbonyl (C=O) groups excluding carboxylic acids is 2. The van der Waals surface area contributed by atoms with E-state index in [-0.39, 0.29) is 22.9 Å². The molecule has 7 heteroatoms. The number of aromatic hydroxyl groups is 1. The van der Waals surface area contributed by atoms with Crippen LogP contribution in [-0.2, 0) is 4.79 Å². The molecule has 0 atom stereocenters. The molecular weight excluding hydrogens is 264 g/mol. The summed E-state index contributed by atoms with van der Waals surface area (Å²) in [6.07, 6.45) is 1.50. The van der Waals surface area contributed by atoms with Gasteiger partial charge in [-0.2, -0.15) is 0 Å². The highest BCUT2D eigenvalue weighted by Crippen LogP contribution is 2.37. The van der Waals surface area contributed by atoms with Crippen LogP contribution in [0.25, 0.3) is 6.08 Å². The third-order valence-corrected chi connectivity index (χ3v) is 2.92. The Balaban J connectivity index is 2.48. The van der Waals surface area contributed by atoms with Gasteiger partial charge < -0.3 is 14.6 Å². The van der Waals surface area contributed by atoms with Crippen LogP contribution in [-0.4, -0.2) is 43.2 Å². The molecule has 0 spiro atoms. The molecule has 20 heavy (non-hydrogen) atoms. The lowest BCUT2D eigenvalue weighted by Crippen LogP contribution is -2.24. The van der Waals surface area contributed by atoms with E-state index in [1.165, 1.54) is 44.4 Å². The highest BCUT2D eigenvalue weighted by Gasteiger charge is 2.29. The minimum Gasteiger partial charge on any atom is -0.502 e. The van der Waals surface area contributed by atoms with E-state index < -0.39 is 11.9 Å². The van der Waals surface area contributed by atoms with Crippen molar-refractivity contribution in [1.29, 1.82) is 0 Å². The summed E-state index contributed by atoms with van der Waals surface area (Å²) >= 11 is 0. The maximum Gasteiger partial charge on any atom is 0.328 e. The smallest absolute Gasteiger partial charge is 0.328 e. The number of imide groups is 1. The molecule has 0 unspecified atom stereocenters. The minimum absolute atomic E-state index is 0.127. The number of phenolic OH excluding ortho intramolecular Hbond substituents is 1. The standard InChI is InChI=1S/C13H14N2O5/c1-15-8(12(17)14-13(15)18)4-7-5-9(19-2)11(16)10(6-7)20-3/h4-6,16H,1-3H3,(H,14,17,18)/b8-4-. The zero-order valence-corrected chi connectivity index (χ0v) is 11.3. The number of hydrogen-bond acceptors (Lipinski definition) is 5. The van der Waals surface area contributed by atoms with Crippen molar-refractivity contribution in [1.82, 2.24) is 10.2 Å². The molecule has 3 amide bonds. The van der Waals surface area contributed by atoms with Crippen molar-refractivity contribution in [3.8, 4) is 17.2 Å². The van der Waals surface area contributed by atoms with Gasteiger partial charge in [0.1, 0.15) is 5.70 Å². The summed E-state index contributed by atoms with van der Waals surface area (Å²) in [6, 6.07) is 2.59. The van der Waals surface area contributed by atoms with Crippen LogP contribution >= 0.6 is 0 Å². The summed E-state index contributed by atoms with van der Waals surface area (Å²) in [7, 11) is 4.30. The zero-order valence-electron chi connectivity index (χ0n) is 11.3. The quantitative estimate of drug-likeness (QED) is 0.634. The third-order valence-electron chi connectivity index (χ3n) is 2.92. The molecule has 0 aliphatic carbocycles. The van der Waals surface area contributed by atoms with Crippen LogP contribution in [0.5, 0.6) is 17.2 Å². The van der Waals surface area contributed by atoms with E-state index in [1.54, 1.807) is 0 Å². The largest absolute Gasteiger partial charge is 0.502 e. The van der Waals surface area contributed by atoms with E-state index in [2.05, 4.69) is 5.32 Å². The first kappa shape index (κ1) is 13.7. The van der Waals surface area contributed by atoms with Gasteiger partial charge in [-0.05, 0) is 23.8 Å². The summed E-state index contributed by atoms with van der Waals surface area (Å²) in [5.74, 6) is -0.187. The molecule has 1 saturated heterocycles. The molecule has 0 saturated carbocycles. The molecule has 1 aromatic rings.